The highest BCUT2D eigenvalue weighted by atomic mass is 35.5. The van der Waals surface area contributed by atoms with E-state index in [-0.39, 0.29) is 0 Å². The van der Waals surface area contributed by atoms with Crippen LogP contribution in [0.4, 0.5) is 11.4 Å². The zero-order valence-electron chi connectivity index (χ0n) is 11.1. The summed E-state index contributed by atoms with van der Waals surface area (Å²) in [5.74, 6) is 0. The Labute approximate surface area is 126 Å². The molecule has 4 rings (SSSR count). The number of para-hydroxylation sites is 2. The number of hydrogen-bond donors (Lipinski definition) is 1. The Balaban J connectivity index is 1.94. The second-order valence-electron chi connectivity index (χ2n) is 4.82. The van der Waals surface area contributed by atoms with E-state index in [1.54, 1.807) is 0 Å². The SMILES string of the molecule is Clc1ccccc1Nc1cccc2nc3ccccn3c12. The summed E-state index contributed by atoms with van der Waals surface area (Å²) >= 11 is 6.23. The molecule has 4 heteroatoms. The number of fused-ring (bicyclic) bond motifs is 3. The quantitative estimate of drug-likeness (QED) is 0.570. The molecule has 0 unspecified atom stereocenters. The van der Waals surface area contributed by atoms with Crippen molar-refractivity contribution in [3.8, 4) is 0 Å². The number of pyridine rings is 1. The number of anilines is 2. The van der Waals surface area contributed by atoms with Gasteiger partial charge in [0.25, 0.3) is 0 Å². The zero-order valence-corrected chi connectivity index (χ0v) is 11.9. The number of halogens is 1. The standard InChI is InChI=1S/C17H12ClN3/c18-12-6-1-2-7-13(12)19-14-8-5-9-15-17(14)21-11-4-3-10-16(21)20-15/h1-11,19H. The van der Waals surface area contributed by atoms with Gasteiger partial charge in [-0.3, -0.25) is 4.40 Å². The minimum Gasteiger partial charge on any atom is -0.353 e. The van der Waals surface area contributed by atoms with E-state index in [4.69, 9.17) is 11.6 Å². The van der Waals surface area contributed by atoms with E-state index in [0.717, 1.165) is 28.1 Å². The van der Waals surface area contributed by atoms with Crippen LogP contribution in [0.5, 0.6) is 0 Å². The first-order chi connectivity index (χ1) is 10.3. The molecule has 0 saturated carbocycles. The van der Waals surface area contributed by atoms with Crippen LogP contribution in [0.1, 0.15) is 0 Å². The van der Waals surface area contributed by atoms with Crippen molar-refractivity contribution in [3.63, 3.8) is 0 Å². The summed E-state index contributed by atoms with van der Waals surface area (Å²) < 4.78 is 2.08. The molecule has 0 bridgehead atoms. The van der Waals surface area contributed by atoms with Gasteiger partial charge in [0.2, 0.25) is 0 Å². The molecule has 0 atom stereocenters. The van der Waals surface area contributed by atoms with E-state index in [1.165, 1.54) is 0 Å². The number of hydrogen-bond acceptors (Lipinski definition) is 2. The van der Waals surface area contributed by atoms with E-state index in [0.29, 0.717) is 5.02 Å². The number of aromatic nitrogens is 2. The van der Waals surface area contributed by atoms with Gasteiger partial charge in [-0.05, 0) is 36.4 Å². The summed E-state index contributed by atoms with van der Waals surface area (Å²) in [6, 6.07) is 19.7. The van der Waals surface area contributed by atoms with Gasteiger partial charge in [0.05, 0.1) is 27.4 Å². The van der Waals surface area contributed by atoms with E-state index >= 15 is 0 Å². The normalized spacial score (nSPS) is 11.1. The molecule has 2 heterocycles. The molecule has 102 valence electrons. The van der Waals surface area contributed by atoms with Crippen LogP contribution in [0.3, 0.4) is 0 Å². The van der Waals surface area contributed by atoms with Gasteiger partial charge in [-0.1, -0.05) is 35.9 Å². The molecule has 21 heavy (non-hydrogen) atoms. The second kappa shape index (κ2) is 4.79. The van der Waals surface area contributed by atoms with Gasteiger partial charge < -0.3 is 5.32 Å². The maximum atomic E-state index is 6.23. The fraction of sp³-hybridized carbons (Fsp3) is 0. The Morgan fingerprint density at radius 3 is 2.57 bits per heavy atom. The van der Waals surface area contributed by atoms with Crippen molar-refractivity contribution in [2.75, 3.05) is 5.32 Å². The molecule has 0 aliphatic heterocycles. The molecular formula is C17H12ClN3. The van der Waals surface area contributed by atoms with Crippen LogP contribution in [0.25, 0.3) is 16.7 Å². The molecule has 0 spiro atoms. The van der Waals surface area contributed by atoms with E-state index in [1.807, 2.05) is 66.9 Å². The highest BCUT2D eigenvalue weighted by Crippen LogP contribution is 2.30. The zero-order chi connectivity index (χ0) is 14.2. The molecule has 4 aromatic rings. The summed E-state index contributed by atoms with van der Waals surface area (Å²) in [5.41, 5.74) is 4.81. The summed E-state index contributed by atoms with van der Waals surface area (Å²) in [5, 5.41) is 4.10. The van der Waals surface area contributed by atoms with Gasteiger partial charge in [-0.25, -0.2) is 4.98 Å². The topological polar surface area (TPSA) is 29.3 Å². The number of rotatable bonds is 2. The van der Waals surface area contributed by atoms with Gasteiger partial charge in [0.15, 0.2) is 0 Å². The molecule has 2 aromatic heterocycles. The third-order valence-corrected chi connectivity index (χ3v) is 3.80. The Morgan fingerprint density at radius 2 is 1.67 bits per heavy atom. The summed E-state index contributed by atoms with van der Waals surface area (Å²) in [4.78, 5) is 4.63. The highest BCUT2D eigenvalue weighted by Gasteiger charge is 2.09. The lowest BCUT2D eigenvalue weighted by Gasteiger charge is -2.09. The maximum absolute atomic E-state index is 6.23. The molecular weight excluding hydrogens is 282 g/mol. The number of imidazole rings is 1. The molecule has 0 radical (unpaired) electrons. The van der Waals surface area contributed by atoms with Crippen molar-refractivity contribution in [1.29, 1.82) is 0 Å². The van der Waals surface area contributed by atoms with Gasteiger partial charge >= 0.3 is 0 Å². The average molecular weight is 294 g/mol. The Kier molecular flexibility index (Phi) is 2.79. The van der Waals surface area contributed by atoms with Crippen molar-refractivity contribution >= 4 is 39.7 Å². The predicted octanol–water partition coefficient (Wildman–Crippen LogP) is 4.88. The van der Waals surface area contributed by atoms with Crippen LogP contribution in [-0.4, -0.2) is 9.38 Å². The lowest BCUT2D eigenvalue weighted by atomic mass is 10.2. The van der Waals surface area contributed by atoms with E-state index in [2.05, 4.69) is 14.7 Å². The van der Waals surface area contributed by atoms with Crippen LogP contribution in [0, 0.1) is 0 Å². The number of nitrogens with one attached hydrogen (secondary N) is 1. The van der Waals surface area contributed by atoms with Crippen molar-refractivity contribution in [2.24, 2.45) is 0 Å². The maximum Gasteiger partial charge on any atom is 0.137 e. The summed E-state index contributed by atoms with van der Waals surface area (Å²) in [7, 11) is 0. The van der Waals surface area contributed by atoms with Crippen LogP contribution >= 0.6 is 11.6 Å². The van der Waals surface area contributed by atoms with Crippen molar-refractivity contribution in [2.45, 2.75) is 0 Å². The molecule has 0 saturated heterocycles. The molecule has 0 aliphatic rings. The van der Waals surface area contributed by atoms with Crippen LogP contribution in [0.2, 0.25) is 5.02 Å². The fourth-order valence-electron chi connectivity index (χ4n) is 2.52. The first-order valence-electron chi connectivity index (χ1n) is 6.70. The summed E-state index contributed by atoms with van der Waals surface area (Å²) in [6.07, 6.45) is 2.02. The summed E-state index contributed by atoms with van der Waals surface area (Å²) in [6.45, 7) is 0. The average Bonchev–Trinajstić information content (AvgIpc) is 2.89. The minimum absolute atomic E-state index is 0.698. The Bertz CT molecular complexity index is 943. The largest absolute Gasteiger partial charge is 0.353 e. The third kappa shape index (κ3) is 2.03. The molecule has 0 amide bonds. The molecule has 0 aliphatic carbocycles. The number of benzene rings is 2. The van der Waals surface area contributed by atoms with E-state index < -0.39 is 0 Å². The Morgan fingerprint density at radius 1 is 0.857 bits per heavy atom. The van der Waals surface area contributed by atoms with Crippen molar-refractivity contribution < 1.29 is 0 Å². The van der Waals surface area contributed by atoms with Gasteiger partial charge in [0.1, 0.15) is 5.65 Å². The molecule has 1 N–H and O–H groups in total. The van der Waals surface area contributed by atoms with Crippen LogP contribution in [0.15, 0.2) is 66.9 Å². The molecule has 3 nitrogen and oxygen atoms in total. The number of nitrogens with zero attached hydrogens (tertiary/aromatic N) is 2. The first-order valence-corrected chi connectivity index (χ1v) is 7.08. The molecule has 0 fully saturated rings. The first kappa shape index (κ1) is 12.2. The van der Waals surface area contributed by atoms with Crippen LogP contribution < -0.4 is 5.32 Å². The Hall–Kier alpha value is -2.52. The lowest BCUT2D eigenvalue weighted by molar-refractivity contribution is 1.23. The van der Waals surface area contributed by atoms with Gasteiger partial charge in [-0.2, -0.15) is 0 Å². The lowest BCUT2D eigenvalue weighted by Crippen LogP contribution is -1.94. The fourth-order valence-corrected chi connectivity index (χ4v) is 2.70. The minimum atomic E-state index is 0.698. The third-order valence-electron chi connectivity index (χ3n) is 3.47. The van der Waals surface area contributed by atoms with Gasteiger partial charge in [0, 0.05) is 6.20 Å². The monoisotopic (exact) mass is 293 g/mol. The second-order valence-corrected chi connectivity index (χ2v) is 5.23. The van der Waals surface area contributed by atoms with Crippen molar-refractivity contribution in [3.05, 3.63) is 71.9 Å². The van der Waals surface area contributed by atoms with Gasteiger partial charge in [-0.15, -0.1) is 0 Å². The van der Waals surface area contributed by atoms with E-state index in [9.17, 15) is 0 Å². The molecule has 2 aromatic carbocycles. The highest BCUT2D eigenvalue weighted by molar-refractivity contribution is 6.33. The smallest absolute Gasteiger partial charge is 0.137 e. The predicted molar refractivity (Wildman–Crippen MR) is 87.4 cm³/mol. The van der Waals surface area contributed by atoms with Crippen LogP contribution in [-0.2, 0) is 0 Å². The van der Waals surface area contributed by atoms with Crippen molar-refractivity contribution in [1.82, 2.24) is 9.38 Å².